The Morgan fingerprint density at radius 3 is 2.69 bits per heavy atom. The summed E-state index contributed by atoms with van der Waals surface area (Å²) in [5, 5.41) is 2.98. The van der Waals surface area contributed by atoms with Gasteiger partial charge >= 0.3 is 0 Å². The van der Waals surface area contributed by atoms with Gasteiger partial charge < -0.3 is 15.0 Å². The van der Waals surface area contributed by atoms with Crippen LogP contribution in [0.15, 0.2) is 76.5 Å². The minimum atomic E-state index is -0.0483. The third kappa shape index (κ3) is 4.97. The molecule has 0 aromatic heterocycles. The summed E-state index contributed by atoms with van der Waals surface area (Å²) in [7, 11) is 3.44. The van der Waals surface area contributed by atoms with Crippen molar-refractivity contribution in [3.05, 3.63) is 77.9 Å². The fraction of sp³-hybridized carbons (Fsp3) is 0.231. The minimum Gasteiger partial charge on any atom is -0.497 e. The first-order valence-corrected chi connectivity index (χ1v) is 11.5. The van der Waals surface area contributed by atoms with Gasteiger partial charge in [0.05, 0.1) is 18.4 Å². The highest BCUT2D eigenvalue weighted by atomic mass is 32.2. The number of aryl methyl sites for hydroxylation is 1. The zero-order valence-electron chi connectivity index (χ0n) is 18.3. The molecular formula is C26H26N2O3S. The minimum absolute atomic E-state index is 0.0193. The van der Waals surface area contributed by atoms with Crippen LogP contribution in [-0.2, 0) is 11.2 Å². The summed E-state index contributed by atoms with van der Waals surface area (Å²) in [5.74, 6) is 0.787. The van der Waals surface area contributed by atoms with E-state index in [1.165, 1.54) is 5.56 Å². The second kappa shape index (κ2) is 9.92. The van der Waals surface area contributed by atoms with Gasteiger partial charge in [-0.2, -0.15) is 0 Å². The zero-order chi connectivity index (χ0) is 22.5. The van der Waals surface area contributed by atoms with Gasteiger partial charge in [-0.3, -0.25) is 9.59 Å². The molecule has 0 atom stereocenters. The Hall–Kier alpha value is -3.25. The number of unbranched alkanes of at least 4 members (excludes halogenated alkanes) is 1. The van der Waals surface area contributed by atoms with Crippen molar-refractivity contribution < 1.29 is 14.3 Å². The zero-order valence-corrected chi connectivity index (χ0v) is 19.1. The number of benzene rings is 3. The highest BCUT2D eigenvalue weighted by Crippen LogP contribution is 2.41. The van der Waals surface area contributed by atoms with Gasteiger partial charge in [-0.15, -0.1) is 0 Å². The Morgan fingerprint density at radius 2 is 1.84 bits per heavy atom. The number of ether oxygens (including phenoxy) is 1. The number of nitrogens with zero attached hydrogens (tertiary/aromatic N) is 1. The number of hydrogen-bond donors (Lipinski definition) is 1. The number of anilines is 2. The first kappa shape index (κ1) is 22.0. The number of fused-ring (bicyclic) bond motifs is 2. The van der Waals surface area contributed by atoms with E-state index in [1.807, 2.05) is 60.7 Å². The number of carbonyl (C=O) groups excluding carboxylic acids is 2. The van der Waals surface area contributed by atoms with Gasteiger partial charge in [-0.05, 0) is 67.3 Å². The maximum Gasteiger partial charge on any atom is 0.259 e. The maximum atomic E-state index is 12.9. The Labute approximate surface area is 192 Å². The van der Waals surface area contributed by atoms with E-state index in [0.717, 1.165) is 40.5 Å². The normalized spacial score (nSPS) is 12.6. The van der Waals surface area contributed by atoms with Crippen molar-refractivity contribution >= 4 is 35.0 Å². The molecule has 0 radical (unpaired) electrons. The molecule has 0 unspecified atom stereocenters. The molecule has 3 aromatic rings. The van der Waals surface area contributed by atoms with Gasteiger partial charge in [0, 0.05) is 28.9 Å². The highest BCUT2D eigenvalue weighted by molar-refractivity contribution is 7.99. The quantitative estimate of drug-likeness (QED) is 0.467. The summed E-state index contributed by atoms with van der Waals surface area (Å²) in [5.41, 5.74) is 3.40. The van der Waals surface area contributed by atoms with Gasteiger partial charge in [0.1, 0.15) is 5.75 Å². The standard InChI is InChI=1S/C26H26N2O3S/c1-28-22-17-19(14-15-24(22)32-23-12-5-4-11-21(23)26(28)30)27-25(29)13-6-3-8-18-9-7-10-20(16-18)31-2/h4-5,7,9-12,14-17H,3,6,8,13H2,1-2H3,(H,27,29). The van der Waals surface area contributed by atoms with Crippen LogP contribution in [0, 0.1) is 0 Å². The molecule has 1 aliphatic heterocycles. The number of nitrogens with one attached hydrogen (secondary N) is 1. The fourth-order valence-electron chi connectivity index (χ4n) is 3.75. The topological polar surface area (TPSA) is 58.6 Å². The van der Waals surface area contributed by atoms with Crippen LogP contribution in [0.2, 0.25) is 0 Å². The molecule has 1 aliphatic rings. The summed E-state index contributed by atoms with van der Waals surface area (Å²) in [4.78, 5) is 28.9. The van der Waals surface area contributed by atoms with Gasteiger partial charge in [-0.25, -0.2) is 0 Å². The Balaban J connectivity index is 1.35. The molecule has 6 heteroatoms. The molecule has 3 aromatic carbocycles. The fourth-order valence-corrected chi connectivity index (χ4v) is 4.84. The molecule has 2 amide bonds. The number of amides is 2. The van der Waals surface area contributed by atoms with Crippen LogP contribution in [0.1, 0.15) is 35.2 Å². The molecule has 0 spiro atoms. The van der Waals surface area contributed by atoms with Crippen LogP contribution < -0.4 is 15.0 Å². The molecule has 164 valence electrons. The number of hydrogen-bond acceptors (Lipinski definition) is 4. The Morgan fingerprint density at radius 1 is 1.00 bits per heavy atom. The molecule has 1 N–H and O–H groups in total. The number of methoxy groups -OCH3 is 1. The summed E-state index contributed by atoms with van der Waals surface area (Å²) in [6.07, 6.45) is 3.10. The van der Waals surface area contributed by atoms with Crippen molar-refractivity contribution in [2.24, 2.45) is 0 Å². The maximum absolute atomic E-state index is 12.9. The van der Waals surface area contributed by atoms with Crippen molar-refractivity contribution in [1.82, 2.24) is 0 Å². The lowest BCUT2D eigenvalue weighted by Gasteiger charge is -2.18. The van der Waals surface area contributed by atoms with Crippen molar-refractivity contribution in [2.45, 2.75) is 35.5 Å². The van der Waals surface area contributed by atoms with Gasteiger partial charge in [0.2, 0.25) is 5.91 Å². The second-order valence-corrected chi connectivity index (χ2v) is 8.84. The third-order valence-corrected chi connectivity index (χ3v) is 6.64. The molecular weight excluding hydrogens is 420 g/mol. The molecule has 4 rings (SSSR count). The summed E-state index contributed by atoms with van der Waals surface area (Å²) in [6.45, 7) is 0. The predicted octanol–water partition coefficient (Wildman–Crippen LogP) is 5.79. The summed E-state index contributed by atoms with van der Waals surface area (Å²) in [6, 6.07) is 21.4. The van der Waals surface area contributed by atoms with Crippen molar-refractivity contribution in [2.75, 3.05) is 24.4 Å². The monoisotopic (exact) mass is 446 g/mol. The van der Waals surface area contributed by atoms with Crippen LogP contribution in [-0.4, -0.2) is 26.0 Å². The van der Waals surface area contributed by atoms with Gasteiger partial charge in [0.25, 0.3) is 5.91 Å². The van der Waals surface area contributed by atoms with Crippen LogP contribution in [0.4, 0.5) is 11.4 Å². The van der Waals surface area contributed by atoms with E-state index in [9.17, 15) is 9.59 Å². The largest absolute Gasteiger partial charge is 0.497 e. The molecule has 0 saturated heterocycles. The molecule has 0 saturated carbocycles. The van der Waals surface area contributed by atoms with E-state index in [0.29, 0.717) is 17.7 Å². The Kier molecular flexibility index (Phi) is 6.81. The first-order chi connectivity index (χ1) is 15.5. The third-order valence-electron chi connectivity index (χ3n) is 5.50. The average Bonchev–Trinajstić information content (AvgIpc) is 2.92. The molecule has 5 nitrogen and oxygen atoms in total. The van der Waals surface area contributed by atoms with Crippen molar-refractivity contribution in [1.29, 1.82) is 0 Å². The van der Waals surface area contributed by atoms with Crippen LogP contribution >= 0.6 is 11.8 Å². The molecule has 0 bridgehead atoms. The Bertz CT molecular complexity index is 1150. The van der Waals surface area contributed by atoms with E-state index >= 15 is 0 Å². The van der Waals surface area contributed by atoms with Gasteiger partial charge in [-0.1, -0.05) is 36.0 Å². The first-order valence-electron chi connectivity index (χ1n) is 10.7. The van der Waals surface area contributed by atoms with Crippen molar-refractivity contribution in [3.63, 3.8) is 0 Å². The highest BCUT2D eigenvalue weighted by Gasteiger charge is 2.24. The second-order valence-electron chi connectivity index (χ2n) is 7.75. The van der Waals surface area contributed by atoms with Crippen molar-refractivity contribution in [3.8, 4) is 5.75 Å². The molecule has 32 heavy (non-hydrogen) atoms. The van der Waals surface area contributed by atoms with Crippen LogP contribution in [0.5, 0.6) is 5.75 Å². The number of carbonyl (C=O) groups is 2. The SMILES string of the molecule is COc1cccc(CCCCC(=O)Nc2ccc3c(c2)N(C)C(=O)c2ccccc2S3)c1. The van der Waals surface area contributed by atoms with E-state index < -0.39 is 0 Å². The number of rotatable bonds is 7. The molecule has 0 fully saturated rings. The lowest BCUT2D eigenvalue weighted by Crippen LogP contribution is -2.26. The van der Waals surface area contributed by atoms with E-state index in [4.69, 9.17) is 4.74 Å². The summed E-state index contributed by atoms with van der Waals surface area (Å²) < 4.78 is 5.26. The van der Waals surface area contributed by atoms with Crippen LogP contribution in [0.3, 0.4) is 0 Å². The lowest BCUT2D eigenvalue weighted by molar-refractivity contribution is -0.116. The van der Waals surface area contributed by atoms with E-state index in [2.05, 4.69) is 11.4 Å². The summed E-state index contributed by atoms with van der Waals surface area (Å²) >= 11 is 1.57. The predicted molar refractivity (Wildman–Crippen MR) is 129 cm³/mol. The van der Waals surface area contributed by atoms with E-state index in [1.54, 1.807) is 30.8 Å². The molecule has 0 aliphatic carbocycles. The lowest BCUT2D eigenvalue weighted by atomic mass is 10.1. The smallest absolute Gasteiger partial charge is 0.259 e. The van der Waals surface area contributed by atoms with Crippen LogP contribution in [0.25, 0.3) is 0 Å². The van der Waals surface area contributed by atoms with E-state index in [-0.39, 0.29) is 11.8 Å². The molecule has 1 heterocycles. The average molecular weight is 447 g/mol. The van der Waals surface area contributed by atoms with Gasteiger partial charge in [0.15, 0.2) is 0 Å².